The third-order valence-electron chi connectivity index (χ3n) is 7.06. The highest BCUT2D eigenvalue weighted by Crippen LogP contribution is 2.65. The number of rotatable bonds is 6. The second kappa shape index (κ2) is 8.54. The quantitative estimate of drug-likeness (QED) is 0.576. The second-order valence-corrected chi connectivity index (χ2v) is 8.61. The molecule has 2 aliphatic heterocycles. The Balaban J connectivity index is 2.18. The van der Waals surface area contributed by atoms with E-state index in [9.17, 15) is 9.59 Å². The molecule has 0 saturated carbocycles. The van der Waals surface area contributed by atoms with E-state index in [2.05, 4.69) is 0 Å². The van der Waals surface area contributed by atoms with Crippen molar-refractivity contribution in [2.45, 2.75) is 38.6 Å². The molecule has 1 aromatic carbocycles. The van der Waals surface area contributed by atoms with Gasteiger partial charge in [0.1, 0.15) is 6.10 Å². The summed E-state index contributed by atoms with van der Waals surface area (Å²) in [6.07, 6.45) is 0.210. The van der Waals surface area contributed by atoms with E-state index in [4.69, 9.17) is 33.2 Å². The van der Waals surface area contributed by atoms with Crippen LogP contribution in [0.4, 0.5) is 0 Å². The molecule has 34 heavy (non-hydrogen) atoms. The first kappa shape index (κ1) is 23.9. The molecule has 0 amide bonds. The number of hydrogen-bond donors (Lipinski definition) is 0. The van der Waals surface area contributed by atoms with Crippen LogP contribution in [-0.2, 0) is 34.1 Å². The molecule has 3 aliphatic rings. The summed E-state index contributed by atoms with van der Waals surface area (Å²) in [6.45, 7) is 5.33. The highest BCUT2D eigenvalue weighted by Gasteiger charge is 2.64. The van der Waals surface area contributed by atoms with Crippen molar-refractivity contribution in [2.24, 2.45) is 11.8 Å². The van der Waals surface area contributed by atoms with E-state index >= 15 is 0 Å². The van der Waals surface area contributed by atoms with Crippen LogP contribution in [0, 0.1) is 11.8 Å². The fraction of sp³-hybridized carbons (Fsp3) is 0.520. The van der Waals surface area contributed by atoms with Gasteiger partial charge in [-0.25, -0.2) is 0 Å². The largest absolute Gasteiger partial charge is 0.493 e. The van der Waals surface area contributed by atoms with Crippen LogP contribution < -0.4 is 14.2 Å². The van der Waals surface area contributed by atoms with Gasteiger partial charge in [-0.15, -0.1) is 0 Å². The number of carbonyl (C=O) groups excluding carboxylic acids is 2. The Bertz CT molecular complexity index is 1100. The van der Waals surface area contributed by atoms with Gasteiger partial charge in [0, 0.05) is 24.0 Å². The highest BCUT2D eigenvalue weighted by molar-refractivity contribution is 6.05. The van der Waals surface area contributed by atoms with Crippen molar-refractivity contribution in [1.82, 2.24) is 0 Å². The number of hydrogen-bond acceptors (Lipinski definition) is 9. The number of ether oxygens (including phenoxy) is 7. The van der Waals surface area contributed by atoms with Gasteiger partial charge < -0.3 is 33.2 Å². The van der Waals surface area contributed by atoms with Crippen molar-refractivity contribution in [1.29, 1.82) is 0 Å². The lowest BCUT2D eigenvalue weighted by Crippen LogP contribution is -2.44. The van der Waals surface area contributed by atoms with Crippen LogP contribution >= 0.6 is 0 Å². The number of methoxy groups -OCH3 is 5. The molecule has 1 aromatic rings. The maximum atomic E-state index is 13.1. The van der Waals surface area contributed by atoms with E-state index < -0.39 is 29.6 Å². The van der Waals surface area contributed by atoms with Gasteiger partial charge in [-0.3, -0.25) is 9.59 Å². The highest BCUT2D eigenvalue weighted by atomic mass is 16.6. The molecule has 4 rings (SSSR count). The molecule has 2 heterocycles. The Labute approximate surface area is 198 Å². The van der Waals surface area contributed by atoms with Crippen LogP contribution in [-0.4, -0.2) is 53.4 Å². The lowest BCUT2D eigenvalue weighted by molar-refractivity contribution is -0.148. The number of benzene rings is 1. The molecule has 9 heteroatoms. The van der Waals surface area contributed by atoms with E-state index in [1.807, 2.05) is 19.9 Å². The molecule has 0 aromatic heterocycles. The molecule has 1 aliphatic carbocycles. The zero-order chi connectivity index (χ0) is 24.9. The first-order valence-electron chi connectivity index (χ1n) is 11.0. The number of ketones is 1. The van der Waals surface area contributed by atoms with E-state index in [0.717, 1.165) is 5.56 Å². The van der Waals surface area contributed by atoms with Crippen molar-refractivity contribution in [3.8, 4) is 17.2 Å². The summed E-state index contributed by atoms with van der Waals surface area (Å²) >= 11 is 0. The van der Waals surface area contributed by atoms with Crippen molar-refractivity contribution < 1.29 is 42.7 Å². The minimum absolute atomic E-state index is 0.00142. The number of allylic oxidation sites excluding steroid dienone is 1. The normalized spacial score (nSPS) is 29.4. The summed E-state index contributed by atoms with van der Waals surface area (Å²) < 4.78 is 41.1. The van der Waals surface area contributed by atoms with Gasteiger partial charge in [-0.2, -0.15) is 0 Å². The van der Waals surface area contributed by atoms with Crippen LogP contribution in [0.15, 0.2) is 29.2 Å². The van der Waals surface area contributed by atoms with Crippen LogP contribution in [0.3, 0.4) is 0 Å². The molecular weight excluding hydrogens is 444 g/mol. The summed E-state index contributed by atoms with van der Waals surface area (Å²) in [7, 11) is 7.42. The minimum atomic E-state index is -1.45. The summed E-state index contributed by atoms with van der Waals surface area (Å²) in [4.78, 5) is 25.3. The molecular formula is C25H30O9. The fourth-order valence-electron chi connectivity index (χ4n) is 5.45. The topological polar surface area (TPSA) is 98.8 Å². The Kier molecular flexibility index (Phi) is 6.01. The van der Waals surface area contributed by atoms with E-state index in [1.54, 1.807) is 7.11 Å². The lowest BCUT2D eigenvalue weighted by Gasteiger charge is -2.40. The van der Waals surface area contributed by atoms with Gasteiger partial charge in [0.05, 0.1) is 41.7 Å². The van der Waals surface area contributed by atoms with E-state index in [-0.39, 0.29) is 23.4 Å². The van der Waals surface area contributed by atoms with Gasteiger partial charge in [-0.05, 0) is 23.6 Å². The average molecular weight is 475 g/mol. The maximum Gasteiger partial charge on any atom is 0.303 e. The Hall–Kier alpha value is -3.20. The zero-order valence-electron chi connectivity index (χ0n) is 20.6. The van der Waals surface area contributed by atoms with Crippen LogP contribution in [0.25, 0.3) is 0 Å². The third kappa shape index (κ3) is 3.02. The van der Waals surface area contributed by atoms with E-state index in [0.29, 0.717) is 28.4 Å². The summed E-state index contributed by atoms with van der Waals surface area (Å²) in [5, 5.41) is 0. The lowest BCUT2D eigenvalue weighted by atomic mass is 9.69. The monoisotopic (exact) mass is 474 g/mol. The Morgan fingerprint density at radius 1 is 0.941 bits per heavy atom. The summed E-state index contributed by atoms with van der Waals surface area (Å²) in [6, 6.07) is 1.86. The van der Waals surface area contributed by atoms with Crippen LogP contribution in [0.1, 0.15) is 38.0 Å². The molecule has 0 radical (unpaired) electrons. The van der Waals surface area contributed by atoms with Crippen molar-refractivity contribution in [3.63, 3.8) is 0 Å². The fourth-order valence-corrected chi connectivity index (χ4v) is 5.45. The van der Waals surface area contributed by atoms with E-state index in [1.165, 1.54) is 41.4 Å². The predicted molar refractivity (Wildman–Crippen MR) is 120 cm³/mol. The van der Waals surface area contributed by atoms with Crippen molar-refractivity contribution in [3.05, 3.63) is 40.4 Å². The molecule has 1 saturated heterocycles. The number of esters is 1. The number of fused-ring (bicyclic) bond motifs is 3. The van der Waals surface area contributed by atoms with Gasteiger partial charge in [0.25, 0.3) is 0 Å². The van der Waals surface area contributed by atoms with Crippen LogP contribution in [0.2, 0.25) is 0 Å². The molecule has 0 N–H and O–H groups in total. The molecule has 9 nitrogen and oxygen atoms in total. The minimum Gasteiger partial charge on any atom is -0.493 e. The maximum absolute atomic E-state index is 13.1. The van der Waals surface area contributed by atoms with Gasteiger partial charge >= 0.3 is 5.97 Å². The molecule has 0 unspecified atom stereocenters. The second-order valence-electron chi connectivity index (χ2n) is 8.61. The SMILES string of the molecule is COC1=C(OC)[C@@]23O[C@H](c4cc(OC)c(OC)c(OC)c42)[C@H](C)[C@H](C)[C@@H](OC(C)=O)C3=CC1=O. The molecule has 1 spiro atoms. The zero-order valence-corrected chi connectivity index (χ0v) is 20.6. The standard InChI is InChI=1S/C25H30O9/c1-11-12(2)20(33-13(3)26)15-10-16(27)21(29-5)24(32-8)25(15)18-14(19(11)34-25)9-17(28-4)22(30-6)23(18)31-7/h9-12,19-20H,1-8H3/t11-,12+,19+,20-,25+/m1/s1. The first-order valence-corrected chi connectivity index (χ1v) is 11.0. The molecule has 1 fully saturated rings. The Morgan fingerprint density at radius 2 is 1.62 bits per heavy atom. The first-order chi connectivity index (χ1) is 16.2. The smallest absolute Gasteiger partial charge is 0.303 e. The summed E-state index contributed by atoms with van der Waals surface area (Å²) in [5.41, 5.74) is 0.397. The van der Waals surface area contributed by atoms with Gasteiger partial charge in [0.15, 0.2) is 22.9 Å². The van der Waals surface area contributed by atoms with Crippen molar-refractivity contribution >= 4 is 11.8 Å². The summed E-state index contributed by atoms with van der Waals surface area (Å²) in [5.74, 6) is 0.172. The van der Waals surface area contributed by atoms with Crippen LogP contribution in [0.5, 0.6) is 17.2 Å². The molecule has 5 atom stereocenters. The predicted octanol–water partition coefficient (Wildman–Crippen LogP) is 3.21. The van der Waals surface area contributed by atoms with Gasteiger partial charge in [-0.1, -0.05) is 13.8 Å². The third-order valence-corrected chi connectivity index (χ3v) is 7.06. The number of carbonyl (C=O) groups is 2. The average Bonchev–Trinajstić information content (AvgIpc) is 3.12. The molecule has 2 bridgehead atoms. The van der Waals surface area contributed by atoms with Crippen molar-refractivity contribution in [2.75, 3.05) is 35.5 Å². The Morgan fingerprint density at radius 3 is 2.15 bits per heavy atom. The molecule has 184 valence electrons. The van der Waals surface area contributed by atoms with Gasteiger partial charge in [0.2, 0.25) is 17.3 Å².